The van der Waals surface area contributed by atoms with Crippen LogP contribution in [-0.4, -0.2) is 34.1 Å². The molecule has 2 aromatic rings. The van der Waals surface area contributed by atoms with E-state index in [0.29, 0.717) is 6.04 Å². The highest BCUT2D eigenvalue weighted by Gasteiger charge is 2.20. The van der Waals surface area contributed by atoms with Gasteiger partial charge in [0, 0.05) is 50.0 Å². The summed E-state index contributed by atoms with van der Waals surface area (Å²) in [7, 11) is 0. The molecule has 0 aromatic carbocycles. The maximum Gasteiger partial charge on any atom is 0.147 e. The quantitative estimate of drug-likeness (QED) is 0.929. The van der Waals surface area contributed by atoms with Gasteiger partial charge in [-0.05, 0) is 37.5 Å². The lowest BCUT2D eigenvalue weighted by atomic mass is 10.1. The van der Waals surface area contributed by atoms with E-state index in [2.05, 4.69) is 37.3 Å². The van der Waals surface area contributed by atoms with Crippen LogP contribution in [0.3, 0.4) is 0 Å². The summed E-state index contributed by atoms with van der Waals surface area (Å²) >= 11 is 0. The van der Waals surface area contributed by atoms with Gasteiger partial charge in [0.25, 0.3) is 0 Å². The van der Waals surface area contributed by atoms with E-state index in [1.807, 2.05) is 19.3 Å². The van der Waals surface area contributed by atoms with Crippen molar-refractivity contribution < 1.29 is 0 Å². The van der Waals surface area contributed by atoms with Crippen molar-refractivity contribution in [3.05, 3.63) is 48.2 Å². The molecule has 21 heavy (non-hydrogen) atoms. The Kier molecular flexibility index (Phi) is 4.40. The second-order valence-corrected chi connectivity index (χ2v) is 5.54. The molecule has 0 spiro atoms. The van der Waals surface area contributed by atoms with E-state index < -0.39 is 0 Å². The summed E-state index contributed by atoms with van der Waals surface area (Å²) in [5.74, 6) is 0.976. The number of hydrogen-bond acceptors (Lipinski definition) is 5. The molecule has 0 aliphatic carbocycles. The van der Waals surface area contributed by atoms with Crippen LogP contribution in [0.5, 0.6) is 0 Å². The number of aromatic nitrogens is 3. The molecule has 0 radical (unpaired) electrons. The molecule has 1 aliphatic rings. The van der Waals surface area contributed by atoms with E-state index in [1.54, 1.807) is 12.4 Å². The molecule has 2 aromatic heterocycles. The molecular weight excluding hydrogens is 262 g/mol. The minimum absolute atomic E-state index is 0.495. The number of piperidine rings is 1. The Morgan fingerprint density at radius 2 is 2.24 bits per heavy atom. The third-order valence-electron chi connectivity index (χ3n) is 3.85. The standard InChI is InChI=1S/C16H21N5/c1-13-9-14(4-5-18-13)10-20-15-3-2-8-21(12-15)16-11-17-6-7-19-16/h4-7,9,11,15,20H,2-3,8,10,12H2,1H3/t15-/m0/s1. The molecule has 1 saturated heterocycles. The van der Waals surface area contributed by atoms with Crippen LogP contribution >= 0.6 is 0 Å². The Morgan fingerprint density at radius 3 is 3.05 bits per heavy atom. The van der Waals surface area contributed by atoms with Crippen molar-refractivity contribution in [2.24, 2.45) is 0 Å². The number of aryl methyl sites for hydroxylation is 1. The minimum Gasteiger partial charge on any atom is -0.354 e. The topological polar surface area (TPSA) is 53.9 Å². The van der Waals surface area contributed by atoms with Gasteiger partial charge in [-0.15, -0.1) is 0 Å². The number of rotatable bonds is 4. The number of pyridine rings is 1. The van der Waals surface area contributed by atoms with Crippen molar-refractivity contribution in [1.29, 1.82) is 0 Å². The summed E-state index contributed by atoms with van der Waals surface area (Å²) in [6.07, 6.45) is 9.58. The zero-order chi connectivity index (χ0) is 14.5. The van der Waals surface area contributed by atoms with Gasteiger partial charge in [0.05, 0.1) is 6.20 Å². The first kappa shape index (κ1) is 13.9. The Labute approximate surface area is 125 Å². The molecule has 1 fully saturated rings. The number of nitrogens with one attached hydrogen (secondary N) is 1. The summed E-state index contributed by atoms with van der Waals surface area (Å²) in [5.41, 5.74) is 2.36. The van der Waals surface area contributed by atoms with Crippen LogP contribution in [0.25, 0.3) is 0 Å². The fourth-order valence-electron chi connectivity index (χ4n) is 2.78. The predicted octanol–water partition coefficient (Wildman–Crippen LogP) is 1.94. The van der Waals surface area contributed by atoms with Crippen LogP contribution in [0.4, 0.5) is 5.82 Å². The van der Waals surface area contributed by atoms with Gasteiger partial charge in [-0.1, -0.05) is 0 Å². The van der Waals surface area contributed by atoms with Crippen molar-refractivity contribution >= 4 is 5.82 Å². The van der Waals surface area contributed by atoms with Crippen molar-refractivity contribution in [2.45, 2.75) is 32.4 Å². The monoisotopic (exact) mass is 283 g/mol. The van der Waals surface area contributed by atoms with Crippen LogP contribution in [-0.2, 0) is 6.54 Å². The normalized spacial score (nSPS) is 18.7. The van der Waals surface area contributed by atoms with Gasteiger partial charge in [0.15, 0.2) is 0 Å². The number of anilines is 1. The summed E-state index contributed by atoms with van der Waals surface area (Å²) in [5, 5.41) is 3.65. The summed E-state index contributed by atoms with van der Waals surface area (Å²) in [4.78, 5) is 15.1. The van der Waals surface area contributed by atoms with E-state index in [0.717, 1.165) is 31.1 Å². The molecule has 0 saturated carbocycles. The van der Waals surface area contributed by atoms with Gasteiger partial charge in [-0.25, -0.2) is 4.98 Å². The minimum atomic E-state index is 0.495. The van der Waals surface area contributed by atoms with E-state index in [9.17, 15) is 0 Å². The van der Waals surface area contributed by atoms with Crippen molar-refractivity contribution in [1.82, 2.24) is 20.3 Å². The zero-order valence-corrected chi connectivity index (χ0v) is 12.4. The molecule has 3 rings (SSSR count). The Hall–Kier alpha value is -2.01. The predicted molar refractivity (Wildman–Crippen MR) is 83.1 cm³/mol. The number of hydrogen-bond donors (Lipinski definition) is 1. The van der Waals surface area contributed by atoms with Crippen LogP contribution in [0.15, 0.2) is 36.9 Å². The molecular formula is C16H21N5. The lowest BCUT2D eigenvalue weighted by Gasteiger charge is -2.33. The van der Waals surface area contributed by atoms with E-state index >= 15 is 0 Å². The molecule has 0 amide bonds. The maximum absolute atomic E-state index is 4.39. The molecule has 110 valence electrons. The largest absolute Gasteiger partial charge is 0.354 e. The van der Waals surface area contributed by atoms with Gasteiger partial charge in [0.2, 0.25) is 0 Å². The summed E-state index contributed by atoms with van der Waals surface area (Å²) in [6, 6.07) is 4.70. The molecule has 1 atom stereocenters. The third-order valence-corrected chi connectivity index (χ3v) is 3.85. The Bertz CT molecular complexity index is 572. The van der Waals surface area contributed by atoms with Crippen LogP contribution in [0.2, 0.25) is 0 Å². The molecule has 1 N–H and O–H groups in total. The van der Waals surface area contributed by atoms with Gasteiger partial charge >= 0.3 is 0 Å². The molecule has 3 heterocycles. The Morgan fingerprint density at radius 1 is 1.29 bits per heavy atom. The van der Waals surface area contributed by atoms with Gasteiger partial charge in [0.1, 0.15) is 5.82 Å². The highest BCUT2D eigenvalue weighted by molar-refractivity contribution is 5.36. The van der Waals surface area contributed by atoms with Crippen LogP contribution < -0.4 is 10.2 Å². The van der Waals surface area contributed by atoms with Crippen molar-refractivity contribution in [3.8, 4) is 0 Å². The lowest BCUT2D eigenvalue weighted by Crippen LogP contribution is -2.45. The Balaban J connectivity index is 1.57. The lowest BCUT2D eigenvalue weighted by molar-refractivity contribution is 0.420. The average molecular weight is 283 g/mol. The molecule has 5 heteroatoms. The SMILES string of the molecule is Cc1cc(CN[C@H]2CCCN(c3cnccn3)C2)ccn1. The van der Waals surface area contributed by atoms with Crippen molar-refractivity contribution in [3.63, 3.8) is 0 Å². The maximum atomic E-state index is 4.39. The summed E-state index contributed by atoms with van der Waals surface area (Å²) < 4.78 is 0. The van der Waals surface area contributed by atoms with Crippen LogP contribution in [0.1, 0.15) is 24.1 Å². The first-order valence-corrected chi connectivity index (χ1v) is 7.47. The second-order valence-electron chi connectivity index (χ2n) is 5.54. The molecule has 5 nitrogen and oxygen atoms in total. The van der Waals surface area contributed by atoms with Gasteiger partial charge in [-0.2, -0.15) is 0 Å². The van der Waals surface area contributed by atoms with Gasteiger partial charge in [-0.3, -0.25) is 9.97 Å². The fourth-order valence-corrected chi connectivity index (χ4v) is 2.78. The second kappa shape index (κ2) is 6.63. The molecule has 0 bridgehead atoms. The smallest absolute Gasteiger partial charge is 0.147 e. The number of nitrogens with zero attached hydrogens (tertiary/aromatic N) is 4. The van der Waals surface area contributed by atoms with E-state index in [-0.39, 0.29) is 0 Å². The third kappa shape index (κ3) is 3.76. The molecule has 1 aliphatic heterocycles. The van der Waals surface area contributed by atoms with Gasteiger partial charge < -0.3 is 10.2 Å². The van der Waals surface area contributed by atoms with E-state index in [1.165, 1.54) is 18.4 Å². The van der Waals surface area contributed by atoms with E-state index in [4.69, 9.17) is 0 Å². The zero-order valence-electron chi connectivity index (χ0n) is 12.4. The highest BCUT2D eigenvalue weighted by Crippen LogP contribution is 2.16. The first-order valence-electron chi connectivity index (χ1n) is 7.47. The van der Waals surface area contributed by atoms with Crippen molar-refractivity contribution in [2.75, 3.05) is 18.0 Å². The molecule has 0 unspecified atom stereocenters. The summed E-state index contributed by atoms with van der Waals surface area (Å²) in [6.45, 7) is 4.97. The highest BCUT2D eigenvalue weighted by atomic mass is 15.2. The first-order chi connectivity index (χ1) is 10.3. The fraction of sp³-hybridized carbons (Fsp3) is 0.438. The average Bonchev–Trinajstić information content (AvgIpc) is 2.54. The van der Waals surface area contributed by atoms with Crippen LogP contribution in [0, 0.1) is 6.92 Å².